The van der Waals surface area contributed by atoms with Gasteiger partial charge in [-0.15, -0.1) is 0 Å². The average Bonchev–Trinajstić information content (AvgIpc) is 2.76. The molecule has 3 heteroatoms. The number of benzene rings is 1. The summed E-state index contributed by atoms with van der Waals surface area (Å²) in [5.41, 5.74) is 2.39. The van der Waals surface area contributed by atoms with E-state index in [1.165, 1.54) is 5.56 Å². The van der Waals surface area contributed by atoms with Crippen molar-refractivity contribution in [2.75, 3.05) is 0 Å². The number of pyridine rings is 1. The van der Waals surface area contributed by atoms with Gasteiger partial charge in [0.15, 0.2) is 0 Å². The summed E-state index contributed by atoms with van der Waals surface area (Å²) in [6.07, 6.45) is 4.79. The first kappa shape index (κ1) is 10.5. The van der Waals surface area contributed by atoms with Crippen molar-refractivity contribution in [3.8, 4) is 0 Å². The maximum Gasteiger partial charge on any atom is 0.117 e. The molecule has 0 unspecified atom stereocenters. The van der Waals surface area contributed by atoms with Gasteiger partial charge in [-0.3, -0.25) is 0 Å². The summed E-state index contributed by atoms with van der Waals surface area (Å²) >= 11 is 3.57. The van der Waals surface area contributed by atoms with Gasteiger partial charge in [-0.05, 0) is 23.8 Å². The summed E-state index contributed by atoms with van der Waals surface area (Å²) in [4.78, 5) is 4.47. The zero-order valence-electron chi connectivity index (χ0n) is 9.18. The van der Waals surface area contributed by atoms with E-state index in [9.17, 15) is 0 Å². The standard InChI is InChI=1S/C14H11BrN2/c15-13-7-2-1-5-11(13)9-14-16-10-12-6-3-4-8-17(12)14/h1-8,10H,9H2. The van der Waals surface area contributed by atoms with Gasteiger partial charge >= 0.3 is 0 Å². The molecule has 0 saturated heterocycles. The molecule has 0 spiro atoms. The molecule has 2 aromatic heterocycles. The number of fused-ring (bicyclic) bond motifs is 1. The first-order valence-electron chi connectivity index (χ1n) is 5.49. The lowest BCUT2D eigenvalue weighted by molar-refractivity contribution is 0.958. The van der Waals surface area contributed by atoms with Crippen molar-refractivity contribution < 1.29 is 0 Å². The lowest BCUT2D eigenvalue weighted by atomic mass is 10.1. The highest BCUT2D eigenvalue weighted by Crippen LogP contribution is 2.19. The fraction of sp³-hybridized carbons (Fsp3) is 0.0714. The molecule has 0 aliphatic rings. The molecule has 0 atom stereocenters. The minimum atomic E-state index is 0.833. The van der Waals surface area contributed by atoms with E-state index in [1.54, 1.807) is 0 Å². The minimum absolute atomic E-state index is 0.833. The van der Waals surface area contributed by atoms with Crippen LogP contribution in [0, 0.1) is 0 Å². The molecule has 0 saturated carbocycles. The Hall–Kier alpha value is -1.61. The summed E-state index contributed by atoms with van der Waals surface area (Å²) in [7, 11) is 0. The molecule has 1 aromatic carbocycles. The third kappa shape index (κ3) is 1.98. The second-order valence-corrected chi connectivity index (χ2v) is 4.79. The smallest absolute Gasteiger partial charge is 0.117 e. The zero-order chi connectivity index (χ0) is 11.7. The molecule has 3 rings (SSSR count). The average molecular weight is 287 g/mol. The summed E-state index contributed by atoms with van der Waals surface area (Å²) in [6.45, 7) is 0. The highest BCUT2D eigenvalue weighted by molar-refractivity contribution is 9.10. The third-order valence-electron chi connectivity index (χ3n) is 2.82. The highest BCUT2D eigenvalue weighted by Gasteiger charge is 2.05. The Labute approximate surface area is 108 Å². The zero-order valence-corrected chi connectivity index (χ0v) is 10.8. The summed E-state index contributed by atoms with van der Waals surface area (Å²) in [5, 5.41) is 0. The van der Waals surface area contributed by atoms with Crippen LogP contribution >= 0.6 is 15.9 Å². The van der Waals surface area contributed by atoms with Crippen LogP contribution in [0.15, 0.2) is 59.3 Å². The topological polar surface area (TPSA) is 17.3 Å². The highest BCUT2D eigenvalue weighted by atomic mass is 79.9. The van der Waals surface area contributed by atoms with Crippen molar-refractivity contribution >= 4 is 21.4 Å². The van der Waals surface area contributed by atoms with Crippen molar-refractivity contribution in [3.63, 3.8) is 0 Å². The fourth-order valence-corrected chi connectivity index (χ4v) is 2.37. The Morgan fingerprint density at radius 3 is 2.76 bits per heavy atom. The van der Waals surface area contributed by atoms with E-state index < -0.39 is 0 Å². The van der Waals surface area contributed by atoms with Crippen molar-refractivity contribution in [3.05, 3.63) is 70.7 Å². The second kappa shape index (κ2) is 4.34. The van der Waals surface area contributed by atoms with Crippen LogP contribution in [0.4, 0.5) is 0 Å². The SMILES string of the molecule is Brc1ccccc1Cc1ncc2ccccn12. The van der Waals surface area contributed by atoms with E-state index >= 15 is 0 Å². The van der Waals surface area contributed by atoms with Gasteiger partial charge in [0.25, 0.3) is 0 Å². The number of hydrogen-bond acceptors (Lipinski definition) is 1. The van der Waals surface area contributed by atoms with Crippen LogP contribution in [0.3, 0.4) is 0 Å². The van der Waals surface area contributed by atoms with Crippen LogP contribution in [-0.4, -0.2) is 9.38 Å². The molecule has 2 nitrogen and oxygen atoms in total. The van der Waals surface area contributed by atoms with Gasteiger partial charge in [0, 0.05) is 17.1 Å². The molecule has 0 N–H and O–H groups in total. The lowest BCUT2D eigenvalue weighted by Gasteiger charge is -2.03. The van der Waals surface area contributed by atoms with Crippen LogP contribution in [0.2, 0.25) is 0 Å². The first-order valence-corrected chi connectivity index (χ1v) is 6.28. The van der Waals surface area contributed by atoms with Crippen molar-refractivity contribution in [2.45, 2.75) is 6.42 Å². The third-order valence-corrected chi connectivity index (χ3v) is 3.60. The van der Waals surface area contributed by atoms with Gasteiger partial charge in [0.1, 0.15) is 5.82 Å². The van der Waals surface area contributed by atoms with E-state index in [1.807, 2.05) is 24.4 Å². The maximum absolute atomic E-state index is 4.47. The number of rotatable bonds is 2. The van der Waals surface area contributed by atoms with Crippen LogP contribution in [0.5, 0.6) is 0 Å². The predicted molar refractivity (Wildman–Crippen MR) is 72.1 cm³/mol. The summed E-state index contributed by atoms with van der Waals surface area (Å²) in [6, 6.07) is 14.4. The molecule has 0 radical (unpaired) electrons. The first-order chi connectivity index (χ1) is 8.34. The molecule has 0 fully saturated rings. The lowest BCUT2D eigenvalue weighted by Crippen LogP contribution is -1.96. The Morgan fingerprint density at radius 2 is 1.88 bits per heavy atom. The Balaban J connectivity index is 2.03. The summed E-state index contributed by atoms with van der Waals surface area (Å²) < 4.78 is 3.26. The minimum Gasteiger partial charge on any atom is -0.303 e. The van der Waals surface area contributed by atoms with E-state index in [0.29, 0.717) is 0 Å². The monoisotopic (exact) mass is 286 g/mol. The normalized spacial score (nSPS) is 10.9. The van der Waals surface area contributed by atoms with Gasteiger partial charge < -0.3 is 4.40 Å². The van der Waals surface area contributed by atoms with Crippen LogP contribution in [0.25, 0.3) is 5.52 Å². The maximum atomic E-state index is 4.47. The Bertz CT molecular complexity index is 658. The molecule has 84 valence electrons. The molecule has 0 aliphatic carbocycles. The van der Waals surface area contributed by atoms with Gasteiger partial charge in [0.05, 0.1) is 11.7 Å². The Morgan fingerprint density at radius 1 is 1.06 bits per heavy atom. The van der Waals surface area contributed by atoms with E-state index in [4.69, 9.17) is 0 Å². The number of imidazole rings is 1. The molecule has 17 heavy (non-hydrogen) atoms. The number of aromatic nitrogens is 2. The van der Waals surface area contributed by atoms with Crippen molar-refractivity contribution in [2.24, 2.45) is 0 Å². The van der Waals surface area contributed by atoms with Crippen LogP contribution < -0.4 is 0 Å². The van der Waals surface area contributed by atoms with Crippen molar-refractivity contribution in [1.29, 1.82) is 0 Å². The molecular formula is C14H11BrN2. The summed E-state index contributed by atoms with van der Waals surface area (Å²) in [5.74, 6) is 1.06. The number of hydrogen-bond donors (Lipinski definition) is 0. The van der Waals surface area contributed by atoms with E-state index in [-0.39, 0.29) is 0 Å². The van der Waals surface area contributed by atoms with Crippen molar-refractivity contribution in [1.82, 2.24) is 9.38 Å². The Kier molecular flexibility index (Phi) is 2.69. The second-order valence-electron chi connectivity index (χ2n) is 3.94. The largest absolute Gasteiger partial charge is 0.303 e. The molecule has 0 amide bonds. The quantitative estimate of drug-likeness (QED) is 0.702. The number of halogens is 1. The van der Waals surface area contributed by atoms with E-state index in [2.05, 4.69) is 55.8 Å². The van der Waals surface area contributed by atoms with Gasteiger partial charge in [-0.2, -0.15) is 0 Å². The molecule has 0 bridgehead atoms. The van der Waals surface area contributed by atoms with Gasteiger partial charge in [-0.25, -0.2) is 4.98 Å². The molecule has 3 aromatic rings. The van der Waals surface area contributed by atoms with Gasteiger partial charge in [-0.1, -0.05) is 40.2 Å². The number of nitrogens with zero attached hydrogens (tertiary/aromatic N) is 2. The van der Waals surface area contributed by atoms with E-state index in [0.717, 1.165) is 22.2 Å². The fourth-order valence-electron chi connectivity index (χ4n) is 1.94. The molecule has 0 aliphatic heterocycles. The molecular weight excluding hydrogens is 276 g/mol. The predicted octanol–water partition coefficient (Wildman–Crippen LogP) is 3.69. The van der Waals surface area contributed by atoms with Gasteiger partial charge in [0.2, 0.25) is 0 Å². The van der Waals surface area contributed by atoms with Crippen LogP contribution in [-0.2, 0) is 6.42 Å². The molecule has 2 heterocycles. The van der Waals surface area contributed by atoms with Crippen LogP contribution in [0.1, 0.15) is 11.4 Å².